The molecule has 1 saturated carbocycles. The second-order valence-corrected chi connectivity index (χ2v) is 10.4. The number of hydrogen-bond donors (Lipinski definition) is 2. The summed E-state index contributed by atoms with van der Waals surface area (Å²) in [7, 11) is -1.32. The summed E-state index contributed by atoms with van der Waals surface area (Å²) in [5.41, 5.74) is 1.41. The lowest BCUT2D eigenvalue weighted by atomic mass is 9.96. The quantitative estimate of drug-likeness (QED) is 0.519. The largest absolute Gasteiger partial charge is 0.356 e. The van der Waals surface area contributed by atoms with Crippen molar-refractivity contribution in [3.63, 3.8) is 0 Å². The lowest BCUT2D eigenvalue weighted by Gasteiger charge is -2.32. The first-order valence-corrected chi connectivity index (χ1v) is 12.1. The van der Waals surface area contributed by atoms with Gasteiger partial charge in [0.1, 0.15) is 0 Å². The summed E-state index contributed by atoms with van der Waals surface area (Å²) < 4.78 is 26.0. The minimum atomic E-state index is -3.10. The van der Waals surface area contributed by atoms with E-state index in [2.05, 4.69) is 27.8 Å². The van der Waals surface area contributed by atoms with Gasteiger partial charge in [0.05, 0.1) is 5.75 Å². The van der Waals surface area contributed by atoms with Crippen LogP contribution in [-0.2, 0) is 15.4 Å². The molecular formula is C20H31ClN4O2S. The van der Waals surface area contributed by atoms with Crippen molar-refractivity contribution in [2.24, 2.45) is 4.99 Å². The maximum atomic E-state index is 12.2. The molecular weight excluding hydrogens is 396 g/mol. The van der Waals surface area contributed by atoms with E-state index in [1.807, 2.05) is 19.1 Å². The zero-order valence-corrected chi connectivity index (χ0v) is 18.3. The van der Waals surface area contributed by atoms with E-state index in [0.717, 1.165) is 43.2 Å². The van der Waals surface area contributed by atoms with Crippen LogP contribution in [0.5, 0.6) is 0 Å². The fraction of sp³-hybridized carbons (Fsp3) is 0.650. The van der Waals surface area contributed by atoms with Gasteiger partial charge >= 0.3 is 0 Å². The van der Waals surface area contributed by atoms with Gasteiger partial charge in [0.25, 0.3) is 0 Å². The van der Waals surface area contributed by atoms with Crippen LogP contribution in [0.25, 0.3) is 0 Å². The van der Waals surface area contributed by atoms with Crippen molar-refractivity contribution in [2.75, 3.05) is 32.4 Å². The molecule has 6 nitrogen and oxygen atoms in total. The van der Waals surface area contributed by atoms with Crippen molar-refractivity contribution >= 4 is 27.6 Å². The molecule has 0 atom stereocenters. The topological polar surface area (TPSA) is 73.8 Å². The Balaban J connectivity index is 1.50. The van der Waals surface area contributed by atoms with Gasteiger partial charge in [-0.2, -0.15) is 0 Å². The number of nitrogens with zero attached hydrogens (tertiary/aromatic N) is 2. The fourth-order valence-corrected chi connectivity index (χ4v) is 5.57. The Labute approximate surface area is 173 Å². The molecule has 2 aliphatic rings. The fourth-order valence-electron chi connectivity index (χ4n) is 3.84. The number of piperidine rings is 1. The summed E-state index contributed by atoms with van der Waals surface area (Å²) in [4.78, 5) is 4.36. The summed E-state index contributed by atoms with van der Waals surface area (Å²) in [6.45, 7) is 3.86. The van der Waals surface area contributed by atoms with Crippen LogP contribution in [-0.4, -0.2) is 57.2 Å². The van der Waals surface area contributed by atoms with E-state index in [1.54, 1.807) is 11.4 Å². The van der Waals surface area contributed by atoms with Gasteiger partial charge in [0, 0.05) is 43.2 Å². The van der Waals surface area contributed by atoms with Crippen LogP contribution < -0.4 is 10.6 Å². The van der Waals surface area contributed by atoms with Crippen LogP contribution >= 0.6 is 11.6 Å². The molecule has 0 radical (unpaired) electrons. The molecule has 1 aliphatic heterocycles. The van der Waals surface area contributed by atoms with Gasteiger partial charge < -0.3 is 10.6 Å². The molecule has 3 rings (SSSR count). The van der Waals surface area contributed by atoms with E-state index in [9.17, 15) is 8.42 Å². The third-order valence-corrected chi connectivity index (χ3v) is 8.07. The van der Waals surface area contributed by atoms with Gasteiger partial charge in [-0.15, -0.1) is 0 Å². The number of aliphatic imine (C=N–C) groups is 1. The van der Waals surface area contributed by atoms with E-state index in [1.165, 1.54) is 5.56 Å². The minimum Gasteiger partial charge on any atom is -0.356 e. The Morgan fingerprint density at radius 3 is 2.61 bits per heavy atom. The molecule has 0 amide bonds. The molecule has 1 aliphatic carbocycles. The molecule has 2 N–H and O–H groups in total. The Kier molecular flexibility index (Phi) is 6.89. The monoisotopic (exact) mass is 426 g/mol. The Morgan fingerprint density at radius 2 is 2.04 bits per heavy atom. The third kappa shape index (κ3) is 5.19. The molecule has 1 saturated heterocycles. The molecule has 8 heteroatoms. The molecule has 0 bridgehead atoms. The number of hydrogen-bond acceptors (Lipinski definition) is 3. The highest BCUT2D eigenvalue weighted by molar-refractivity contribution is 7.89. The number of halogens is 1. The van der Waals surface area contributed by atoms with Crippen molar-refractivity contribution in [3.8, 4) is 0 Å². The Morgan fingerprint density at radius 1 is 1.32 bits per heavy atom. The van der Waals surface area contributed by atoms with E-state index >= 15 is 0 Å². The third-order valence-electron chi connectivity index (χ3n) is 5.76. The van der Waals surface area contributed by atoms with Gasteiger partial charge in [-0.3, -0.25) is 4.99 Å². The molecule has 0 unspecified atom stereocenters. The minimum absolute atomic E-state index is 0.139. The molecule has 1 heterocycles. The summed E-state index contributed by atoms with van der Waals surface area (Å²) in [6, 6.07) is 8.34. The number of sulfonamides is 1. The molecule has 0 aromatic heterocycles. The zero-order chi connectivity index (χ0) is 20.2. The maximum absolute atomic E-state index is 12.2. The number of nitrogens with one attached hydrogen (secondary N) is 2. The van der Waals surface area contributed by atoms with Crippen molar-refractivity contribution in [1.82, 2.24) is 14.9 Å². The second kappa shape index (κ2) is 9.01. The Bertz CT molecular complexity index is 800. The predicted octanol–water partition coefficient (Wildman–Crippen LogP) is 2.74. The average Bonchev–Trinajstić information content (AvgIpc) is 3.47. The van der Waals surface area contributed by atoms with Crippen LogP contribution in [0.15, 0.2) is 29.3 Å². The van der Waals surface area contributed by atoms with Crippen LogP contribution in [0.3, 0.4) is 0 Å². The van der Waals surface area contributed by atoms with Crippen molar-refractivity contribution in [3.05, 3.63) is 34.9 Å². The molecule has 0 spiro atoms. The van der Waals surface area contributed by atoms with Crippen molar-refractivity contribution < 1.29 is 8.42 Å². The lowest BCUT2D eigenvalue weighted by Crippen LogP contribution is -2.50. The molecule has 1 aromatic carbocycles. The first-order chi connectivity index (χ1) is 13.4. The number of guanidine groups is 1. The molecule has 156 valence electrons. The van der Waals surface area contributed by atoms with Crippen LogP contribution in [0.4, 0.5) is 0 Å². The van der Waals surface area contributed by atoms with Gasteiger partial charge in [-0.25, -0.2) is 12.7 Å². The van der Waals surface area contributed by atoms with E-state index in [-0.39, 0.29) is 17.2 Å². The highest BCUT2D eigenvalue weighted by atomic mass is 35.5. The van der Waals surface area contributed by atoms with E-state index in [0.29, 0.717) is 19.5 Å². The van der Waals surface area contributed by atoms with Gasteiger partial charge in [-0.1, -0.05) is 30.7 Å². The smallest absolute Gasteiger partial charge is 0.214 e. The Hall–Kier alpha value is -1.31. The molecule has 2 fully saturated rings. The summed E-state index contributed by atoms with van der Waals surface area (Å²) in [6.07, 6.45) is 4.54. The van der Waals surface area contributed by atoms with E-state index < -0.39 is 10.0 Å². The van der Waals surface area contributed by atoms with E-state index in [4.69, 9.17) is 11.6 Å². The first-order valence-electron chi connectivity index (χ1n) is 10.1. The summed E-state index contributed by atoms with van der Waals surface area (Å²) >= 11 is 6.16. The summed E-state index contributed by atoms with van der Waals surface area (Å²) in [5.74, 6) is 1.02. The standard InChI is InChI=1S/C20H31ClN4O2S/c1-3-13-28(26,27)25-11-7-18(8-12-25)24-19(22-2)23-15-20(9-10-20)16-5-4-6-17(21)14-16/h4-6,14,18H,3,7-13,15H2,1-2H3,(H2,22,23,24). The number of benzene rings is 1. The second-order valence-electron chi connectivity index (χ2n) is 7.85. The van der Waals surface area contributed by atoms with Gasteiger partial charge in [-0.05, 0) is 49.8 Å². The SMILES string of the molecule is CCCS(=O)(=O)N1CCC(NC(=NC)NCC2(c3cccc(Cl)c3)CC2)CC1. The summed E-state index contributed by atoms with van der Waals surface area (Å²) in [5, 5.41) is 7.70. The van der Waals surface area contributed by atoms with Crippen molar-refractivity contribution in [2.45, 2.75) is 50.5 Å². The van der Waals surface area contributed by atoms with Crippen LogP contribution in [0, 0.1) is 0 Å². The molecule has 28 heavy (non-hydrogen) atoms. The zero-order valence-electron chi connectivity index (χ0n) is 16.7. The highest BCUT2D eigenvalue weighted by Gasteiger charge is 2.44. The molecule has 1 aromatic rings. The van der Waals surface area contributed by atoms with Gasteiger partial charge in [0.2, 0.25) is 10.0 Å². The van der Waals surface area contributed by atoms with Crippen molar-refractivity contribution in [1.29, 1.82) is 0 Å². The van der Waals surface area contributed by atoms with Crippen LogP contribution in [0.2, 0.25) is 5.02 Å². The highest BCUT2D eigenvalue weighted by Crippen LogP contribution is 2.48. The number of rotatable bonds is 7. The normalized spacial score (nSPS) is 20.8. The average molecular weight is 427 g/mol. The first kappa shape index (κ1) is 21.4. The predicted molar refractivity (Wildman–Crippen MR) is 116 cm³/mol. The maximum Gasteiger partial charge on any atom is 0.214 e. The lowest BCUT2D eigenvalue weighted by molar-refractivity contribution is 0.306. The van der Waals surface area contributed by atoms with Crippen LogP contribution in [0.1, 0.15) is 44.6 Å². The van der Waals surface area contributed by atoms with Gasteiger partial charge in [0.15, 0.2) is 5.96 Å².